The Morgan fingerprint density at radius 3 is 2.65 bits per heavy atom. The minimum absolute atomic E-state index is 0.108. The molecule has 2 fully saturated rings. The number of carbonyl (C=O) groups is 1. The monoisotopic (exact) mass is 242 g/mol. The molecule has 0 bridgehead atoms. The Bertz CT molecular complexity index is 283. The Hall–Kier alpha value is -0.650. The van der Waals surface area contributed by atoms with E-state index in [2.05, 4.69) is 5.32 Å². The van der Waals surface area contributed by atoms with Gasteiger partial charge in [0.1, 0.15) is 0 Å². The molecule has 0 saturated carbocycles. The lowest BCUT2D eigenvalue weighted by atomic mass is 9.93. The summed E-state index contributed by atoms with van der Waals surface area (Å²) in [6.45, 7) is 3.89. The van der Waals surface area contributed by atoms with E-state index in [4.69, 9.17) is 4.74 Å². The highest BCUT2D eigenvalue weighted by atomic mass is 16.5. The third-order valence-electron chi connectivity index (χ3n) is 3.87. The zero-order valence-corrected chi connectivity index (χ0v) is 10.6. The number of hydrogen-bond acceptors (Lipinski definition) is 4. The molecule has 0 spiro atoms. The smallest absolute Gasteiger partial charge is 0.239 e. The maximum atomic E-state index is 12.2. The fourth-order valence-corrected chi connectivity index (χ4v) is 2.50. The first-order valence-corrected chi connectivity index (χ1v) is 6.29. The van der Waals surface area contributed by atoms with Crippen molar-refractivity contribution >= 4 is 5.91 Å². The van der Waals surface area contributed by atoms with Gasteiger partial charge >= 0.3 is 0 Å². The van der Waals surface area contributed by atoms with Crippen molar-refractivity contribution in [2.45, 2.75) is 43.9 Å². The van der Waals surface area contributed by atoms with Gasteiger partial charge in [-0.25, -0.2) is 0 Å². The Balaban J connectivity index is 1.85. The minimum atomic E-state index is -0.602. The number of methoxy groups -OCH3 is 1. The molecule has 5 heteroatoms. The second-order valence-corrected chi connectivity index (χ2v) is 5.38. The quantitative estimate of drug-likeness (QED) is 0.700. The van der Waals surface area contributed by atoms with Gasteiger partial charge in [-0.15, -0.1) is 0 Å². The molecule has 17 heavy (non-hydrogen) atoms. The van der Waals surface area contributed by atoms with Gasteiger partial charge < -0.3 is 20.1 Å². The molecule has 2 unspecified atom stereocenters. The van der Waals surface area contributed by atoms with Crippen molar-refractivity contribution in [1.82, 2.24) is 10.2 Å². The molecule has 2 saturated heterocycles. The van der Waals surface area contributed by atoms with Gasteiger partial charge in [-0.1, -0.05) is 0 Å². The van der Waals surface area contributed by atoms with E-state index in [-0.39, 0.29) is 18.1 Å². The average Bonchev–Trinajstić information content (AvgIpc) is 2.76. The molecule has 2 aliphatic rings. The molecule has 5 nitrogen and oxygen atoms in total. The van der Waals surface area contributed by atoms with Gasteiger partial charge in [-0.2, -0.15) is 0 Å². The van der Waals surface area contributed by atoms with E-state index in [0.717, 1.165) is 13.0 Å². The number of aliphatic hydroxyl groups is 1. The second-order valence-electron chi connectivity index (χ2n) is 5.38. The van der Waals surface area contributed by atoms with Crippen LogP contribution in [-0.2, 0) is 9.53 Å². The molecule has 0 aromatic carbocycles. The van der Waals surface area contributed by atoms with Crippen molar-refractivity contribution in [3.8, 4) is 0 Å². The van der Waals surface area contributed by atoms with E-state index < -0.39 is 5.60 Å². The number of amides is 1. The van der Waals surface area contributed by atoms with Crippen LogP contribution >= 0.6 is 0 Å². The van der Waals surface area contributed by atoms with Crippen LogP contribution in [0.3, 0.4) is 0 Å². The molecule has 98 valence electrons. The van der Waals surface area contributed by atoms with Crippen LogP contribution < -0.4 is 5.32 Å². The normalized spacial score (nSPS) is 32.8. The second kappa shape index (κ2) is 4.92. The van der Waals surface area contributed by atoms with Crippen molar-refractivity contribution in [3.05, 3.63) is 0 Å². The number of hydrogen-bond donors (Lipinski definition) is 2. The standard InChI is InChI=1S/C12H22N2O3/c1-12(16)3-5-14(6-4-12)11(15)10-7-9(17-2)8-13-10/h9-10,13,16H,3-8H2,1-2H3. The van der Waals surface area contributed by atoms with Crippen LogP contribution in [0.2, 0.25) is 0 Å². The van der Waals surface area contributed by atoms with Crippen LogP contribution in [0.25, 0.3) is 0 Å². The van der Waals surface area contributed by atoms with Crippen molar-refractivity contribution in [1.29, 1.82) is 0 Å². The zero-order valence-electron chi connectivity index (χ0n) is 10.6. The summed E-state index contributed by atoms with van der Waals surface area (Å²) in [6, 6.07) is -0.108. The van der Waals surface area contributed by atoms with Gasteiger partial charge in [-0.05, 0) is 26.2 Å². The summed E-state index contributed by atoms with van der Waals surface area (Å²) < 4.78 is 5.24. The summed E-state index contributed by atoms with van der Waals surface area (Å²) in [6.07, 6.45) is 2.23. The lowest BCUT2D eigenvalue weighted by Crippen LogP contribution is -2.50. The molecule has 0 aromatic heterocycles. The van der Waals surface area contributed by atoms with Gasteiger partial charge in [0, 0.05) is 26.7 Å². The fraction of sp³-hybridized carbons (Fsp3) is 0.917. The van der Waals surface area contributed by atoms with Crippen LogP contribution in [0.4, 0.5) is 0 Å². The van der Waals surface area contributed by atoms with E-state index in [1.165, 1.54) is 0 Å². The summed E-state index contributed by atoms with van der Waals surface area (Å²) in [5.41, 5.74) is -0.602. The number of carbonyl (C=O) groups excluding carboxylic acids is 1. The number of piperidine rings is 1. The van der Waals surface area contributed by atoms with E-state index in [0.29, 0.717) is 25.9 Å². The molecule has 0 aliphatic carbocycles. The molecule has 1 amide bonds. The zero-order chi connectivity index (χ0) is 12.5. The molecule has 2 rings (SSSR count). The summed E-state index contributed by atoms with van der Waals surface area (Å²) >= 11 is 0. The lowest BCUT2D eigenvalue weighted by molar-refractivity contribution is -0.137. The number of rotatable bonds is 2. The first-order chi connectivity index (χ1) is 8.02. The SMILES string of the molecule is COC1CNC(C(=O)N2CCC(C)(O)CC2)C1. The van der Waals surface area contributed by atoms with Crippen LogP contribution in [0.1, 0.15) is 26.2 Å². The molecule has 2 heterocycles. The van der Waals surface area contributed by atoms with Gasteiger partial charge in [-0.3, -0.25) is 4.79 Å². The first kappa shape index (κ1) is 12.8. The number of ether oxygens (including phenoxy) is 1. The highest BCUT2D eigenvalue weighted by Gasteiger charge is 2.35. The van der Waals surface area contributed by atoms with E-state index in [1.54, 1.807) is 7.11 Å². The van der Waals surface area contributed by atoms with Crippen molar-refractivity contribution in [3.63, 3.8) is 0 Å². The third kappa shape index (κ3) is 2.97. The predicted molar refractivity (Wildman–Crippen MR) is 63.6 cm³/mol. The summed E-state index contributed by atoms with van der Waals surface area (Å²) in [5.74, 6) is 0.153. The Labute approximate surface area is 102 Å². The molecule has 2 aliphatic heterocycles. The van der Waals surface area contributed by atoms with Crippen LogP contribution in [-0.4, -0.2) is 60.4 Å². The van der Waals surface area contributed by atoms with E-state index in [9.17, 15) is 9.90 Å². The van der Waals surface area contributed by atoms with Gasteiger partial charge in [0.15, 0.2) is 0 Å². The maximum Gasteiger partial charge on any atom is 0.239 e. The number of nitrogens with zero attached hydrogens (tertiary/aromatic N) is 1. The summed E-state index contributed by atoms with van der Waals surface area (Å²) in [5, 5.41) is 13.0. The molecule has 0 radical (unpaired) electrons. The fourth-order valence-electron chi connectivity index (χ4n) is 2.50. The summed E-state index contributed by atoms with van der Waals surface area (Å²) in [4.78, 5) is 14.1. The molecular weight excluding hydrogens is 220 g/mol. The minimum Gasteiger partial charge on any atom is -0.390 e. The molecule has 0 aromatic rings. The Kier molecular flexibility index (Phi) is 3.70. The van der Waals surface area contributed by atoms with Crippen molar-refractivity contribution < 1.29 is 14.6 Å². The number of nitrogens with one attached hydrogen (secondary N) is 1. The molecule has 2 N–H and O–H groups in total. The number of likely N-dealkylation sites (tertiary alicyclic amines) is 1. The largest absolute Gasteiger partial charge is 0.390 e. The van der Waals surface area contributed by atoms with Gasteiger partial charge in [0.2, 0.25) is 5.91 Å². The van der Waals surface area contributed by atoms with Gasteiger partial charge in [0.25, 0.3) is 0 Å². The van der Waals surface area contributed by atoms with Crippen molar-refractivity contribution in [2.24, 2.45) is 0 Å². The summed E-state index contributed by atoms with van der Waals surface area (Å²) in [7, 11) is 1.68. The van der Waals surface area contributed by atoms with Crippen molar-refractivity contribution in [2.75, 3.05) is 26.7 Å². The maximum absolute atomic E-state index is 12.2. The van der Waals surface area contributed by atoms with Crippen LogP contribution in [0, 0.1) is 0 Å². The average molecular weight is 242 g/mol. The highest BCUT2D eigenvalue weighted by Crippen LogP contribution is 2.22. The van der Waals surface area contributed by atoms with E-state index >= 15 is 0 Å². The predicted octanol–water partition coefficient (Wildman–Crippen LogP) is -0.263. The molecule has 2 atom stereocenters. The topological polar surface area (TPSA) is 61.8 Å². The van der Waals surface area contributed by atoms with Crippen LogP contribution in [0.5, 0.6) is 0 Å². The van der Waals surface area contributed by atoms with E-state index in [1.807, 2.05) is 11.8 Å². The lowest BCUT2D eigenvalue weighted by Gasteiger charge is -2.36. The third-order valence-corrected chi connectivity index (χ3v) is 3.87. The van der Waals surface area contributed by atoms with Crippen LogP contribution in [0.15, 0.2) is 0 Å². The Morgan fingerprint density at radius 2 is 2.12 bits per heavy atom. The molecular formula is C12H22N2O3. The first-order valence-electron chi connectivity index (χ1n) is 6.29. The van der Waals surface area contributed by atoms with Gasteiger partial charge in [0.05, 0.1) is 17.7 Å². The highest BCUT2D eigenvalue weighted by molar-refractivity contribution is 5.82. The Morgan fingerprint density at radius 1 is 1.47 bits per heavy atom.